The molecule has 4 rings (SSSR count). The Hall–Kier alpha value is -1.58. The number of carbonyl (C=O) groups is 1. The summed E-state index contributed by atoms with van der Waals surface area (Å²) in [4.78, 5) is 14.6. The first-order valence-corrected chi connectivity index (χ1v) is 7.93. The van der Waals surface area contributed by atoms with Crippen molar-refractivity contribution in [2.75, 3.05) is 6.61 Å². The van der Waals surface area contributed by atoms with Crippen LogP contribution in [0, 0.1) is 17.7 Å². The number of fused-ring (bicyclic) bond motifs is 2. The lowest BCUT2D eigenvalue weighted by atomic mass is 9.99. The Bertz CT molecular complexity index is 540. The summed E-state index contributed by atoms with van der Waals surface area (Å²) in [7, 11) is 0. The maximum absolute atomic E-state index is 12.9. The molecule has 112 valence electrons. The quantitative estimate of drug-likeness (QED) is 0.853. The normalized spacial score (nSPS) is 30.7. The van der Waals surface area contributed by atoms with Gasteiger partial charge in [0.1, 0.15) is 18.2 Å². The summed E-state index contributed by atoms with van der Waals surface area (Å²) in [6.45, 7) is 0.533. The molecule has 3 fully saturated rings. The van der Waals surface area contributed by atoms with Crippen molar-refractivity contribution in [3.05, 3.63) is 30.1 Å². The molecule has 1 aromatic rings. The summed E-state index contributed by atoms with van der Waals surface area (Å²) in [6.07, 6.45) is 5.60. The molecule has 1 aliphatic heterocycles. The second-order valence-corrected chi connectivity index (χ2v) is 6.58. The maximum Gasteiger partial charge on any atom is 0.226 e. The highest BCUT2D eigenvalue weighted by Gasteiger charge is 2.50. The summed E-state index contributed by atoms with van der Waals surface area (Å²) in [5.74, 6) is 1.62. The van der Waals surface area contributed by atoms with Gasteiger partial charge in [0.2, 0.25) is 5.91 Å². The van der Waals surface area contributed by atoms with Gasteiger partial charge < -0.3 is 9.64 Å². The van der Waals surface area contributed by atoms with E-state index in [1.807, 2.05) is 0 Å². The third-order valence-corrected chi connectivity index (χ3v) is 5.16. The number of piperidine rings is 1. The Morgan fingerprint density at radius 1 is 1.19 bits per heavy atom. The zero-order valence-electron chi connectivity index (χ0n) is 12.0. The Morgan fingerprint density at radius 3 is 2.67 bits per heavy atom. The summed E-state index contributed by atoms with van der Waals surface area (Å²) in [6, 6.07) is 6.75. The van der Waals surface area contributed by atoms with Crippen LogP contribution in [0.5, 0.6) is 5.75 Å². The van der Waals surface area contributed by atoms with Gasteiger partial charge in [0, 0.05) is 12.0 Å². The lowest BCUT2D eigenvalue weighted by Crippen LogP contribution is -2.48. The van der Waals surface area contributed by atoms with Crippen LogP contribution >= 0.6 is 0 Å². The van der Waals surface area contributed by atoms with Gasteiger partial charge >= 0.3 is 0 Å². The van der Waals surface area contributed by atoms with Gasteiger partial charge in [0.05, 0.1) is 6.04 Å². The van der Waals surface area contributed by atoms with Crippen molar-refractivity contribution in [2.45, 2.75) is 44.2 Å². The van der Waals surface area contributed by atoms with Crippen molar-refractivity contribution in [3.8, 4) is 5.75 Å². The summed E-state index contributed by atoms with van der Waals surface area (Å²) >= 11 is 0. The molecular weight excluding hydrogens is 269 g/mol. The molecule has 0 spiro atoms. The molecule has 2 bridgehead atoms. The SMILES string of the molecule is O=C(C1CC1)N1[C@@H]2CC[C@@H](C2)[C@@H]1COc1ccc(F)cc1. The molecule has 1 saturated heterocycles. The van der Waals surface area contributed by atoms with E-state index in [1.165, 1.54) is 18.6 Å². The van der Waals surface area contributed by atoms with Crippen molar-refractivity contribution in [1.82, 2.24) is 4.90 Å². The lowest BCUT2D eigenvalue weighted by Gasteiger charge is -2.35. The fraction of sp³-hybridized carbons (Fsp3) is 0.588. The van der Waals surface area contributed by atoms with Crippen LogP contribution in [0.15, 0.2) is 24.3 Å². The minimum atomic E-state index is -0.257. The molecule has 2 aliphatic carbocycles. The number of carbonyl (C=O) groups excluding carboxylic acids is 1. The molecule has 0 aromatic heterocycles. The van der Waals surface area contributed by atoms with Crippen molar-refractivity contribution in [1.29, 1.82) is 0 Å². The van der Waals surface area contributed by atoms with E-state index in [-0.39, 0.29) is 17.8 Å². The van der Waals surface area contributed by atoms with E-state index in [0.29, 0.717) is 30.2 Å². The molecule has 0 N–H and O–H groups in total. The number of halogens is 1. The third kappa shape index (κ3) is 2.41. The Labute approximate surface area is 124 Å². The zero-order chi connectivity index (χ0) is 14.4. The van der Waals surface area contributed by atoms with Crippen LogP contribution in [0.4, 0.5) is 4.39 Å². The monoisotopic (exact) mass is 289 g/mol. The molecule has 2 saturated carbocycles. The molecule has 3 atom stereocenters. The van der Waals surface area contributed by atoms with Crippen LogP contribution in [0.25, 0.3) is 0 Å². The Kier molecular flexibility index (Phi) is 3.12. The number of likely N-dealkylation sites (tertiary alicyclic amines) is 1. The van der Waals surface area contributed by atoms with Crippen LogP contribution in [0.2, 0.25) is 0 Å². The third-order valence-electron chi connectivity index (χ3n) is 5.16. The highest BCUT2D eigenvalue weighted by molar-refractivity contribution is 5.82. The number of benzene rings is 1. The fourth-order valence-corrected chi connectivity index (χ4v) is 3.90. The highest BCUT2D eigenvalue weighted by Crippen LogP contribution is 2.45. The van der Waals surface area contributed by atoms with E-state index in [9.17, 15) is 9.18 Å². The summed E-state index contributed by atoms with van der Waals surface area (Å²) in [5, 5.41) is 0. The van der Waals surface area contributed by atoms with Crippen molar-refractivity contribution in [3.63, 3.8) is 0 Å². The molecule has 0 unspecified atom stereocenters. The van der Waals surface area contributed by atoms with Gasteiger partial charge in [-0.2, -0.15) is 0 Å². The number of amides is 1. The van der Waals surface area contributed by atoms with E-state index in [1.54, 1.807) is 12.1 Å². The topological polar surface area (TPSA) is 29.5 Å². The van der Waals surface area contributed by atoms with Crippen molar-refractivity contribution >= 4 is 5.91 Å². The average molecular weight is 289 g/mol. The van der Waals surface area contributed by atoms with Crippen molar-refractivity contribution in [2.24, 2.45) is 11.8 Å². The molecule has 1 amide bonds. The molecule has 1 heterocycles. The number of ether oxygens (including phenoxy) is 1. The number of hydrogen-bond donors (Lipinski definition) is 0. The fourth-order valence-electron chi connectivity index (χ4n) is 3.90. The van der Waals surface area contributed by atoms with E-state index in [2.05, 4.69) is 4.90 Å². The molecule has 3 nitrogen and oxygen atoms in total. The average Bonchev–Trinajstić information content (AvgIpc) is 3.16. The molecule has 0 radical (unpaired) electrons. The van der Waals surface area contributed by atoms with Crippen LogP contribution in [0.1, 0.15) is 32.1 Å². The van der Waals surface area contributed by atoms with Crippen LogP contribution in [-0.4, -0.2) is 29.5 Å². The van der Waals surface area contributed by atoms with Gasteiger partial charge in [-0.15, -0.1) is 0 Å². The molecule has 1 aromatic carbocycles. The number of nitrogens with zero attached hydrogens (tertiary/aromatic N) is 1. The predicted octanol–water partition coefficient (Wildman–Crippen LogP) is 2.99. The van der Waals surface area contributed by atoms with Gasteiger partial charge in [-0.3, -0.25) is 4.79 Å². The minimum absolute atomic E-state index is 0.210. The van der Waals surface area contributed by atoms with Gasteiger partial charge in [-0.05, 0) is 62.3 Å². The van der Waals surface area contributed by atoms with Crippen LogP contribution in [-0.2, 0) is 4.79 Å². The smallest absolute Gasteiger partial charge is 0.226 e. The number of rotatable bonds is 4. The second-order valence-electron chi connectivity index (χ2n) is 6.58. The molecule has 3 aliphatic rings. The van der Waals surface area contributed by atoms with Crippen molar-refractivity contribution < 1.29 is 13.9 Å². The van der Waals surface area contributed by atoms with Gasteiger partial charge in [-0.25, -0.2) is 4.39 Å². The van der Waals surface area contributed by atoms with Gasteiger partial charge in [0.25, 0.3) is 0 Å². The van der Waals surface area contributed by atoms with Gasteiger partial charge in [-0.1, -0.05) is 0 Å². The zero-order valence-corrected chi connectivity index (χ0v) is 12.0. The molecule has 4 heteroatoms. The van der Waals surface area contributed by atoms with Crippen LogP contribution in [0.3, 0.4) is 0 Å². The summed E-state index contributed by atoms with van der Waals surface area (Å²) < 4.78 is 18.7. The standard InChI is InChI=1S/C17H20FNO2/c18-13-4-7-15(8-5-13)21-10-16-12-3-6-14(9-12)19(16)17(20)11-1-2-11/h4-5,7-8,11-12,14,16H,1-3,6,9-10H2/t12-,14+,16-/m0/s1. The molecular formula is C17H20FNO2. The molecule has 21 heavy (non-hydrogen) atoms. The highest BCUT2D eigenvalue weighted by atomic mass is 19.1. The summed E-state index contributed by atoms with van der Waals surface area (Å²) in [5.41, 5.74) is 0. The van der Waals surface area contributed by atoms with Gasteiger partial charge in [0.15, 0.2) is 0 Å². The second kappa shape index (κ2) is 5.00. The lowest BCUT2D eigenvalue weighted by molar-refractivity contribution is -0.137. The predicted molar refractivity (Wildman–Crippen MR) is 76.4 cm³/mol. The Morgan fingerprint density at radius 2 is 1.95 bits per heavy atom. The number of hydrogen-bond acceptors (Lipinski definition) is 2. The van der Waals surface area contributed by atoms with Crippen LogP contribution < -0.4 is 4.74 Å². The van der Waals surface area contributed by atoms with E-state index >= 15 is 0 Å². The van der Waals surface area contributed by atoms with E-state index in [0.717, 1.165) is 25.7 Å². The largest absolute Gasteiger partial charge is 0.491 e. The maximum atomic E-state index is 12.9. The minimum Gasteiger partial charge on any atom is -0.491 e. The van der Waals surface area contributed by atoms with E-state index in [4.69, 9.17) is 4.74 Å². The first-order chi connectivity index (χ1) is 10.2. The van der Waals surface area contributed by atoms with E-state index < -0.39 is 0 Å². The first-order valence-electron chi connectivity index (χ1n) is 7.93. The Balaban J connectivity index is 1.44. The first kappa shape index (κ1) is 13.1.